The van der Waals surface area contributed by atoms with E-state index in [1.165, 1.54) is 23.5 Å². The van der Waals surface area contributed by atoms with Gasteiger partial charge in [-0.2, -0.15) is 5.26 Å². The van der Waals surface area contributed by atoms with Crippen molar-refractivity contribution in [2.45, 2.75) is 69.3 Å². The van der Waals surface area contributed by atoms with Crippen LogP contribution in [0.2, 0.25) is 0 Å². The molecule has 0 unspecified atom stereocenters. The Morgan fingerprint density at radius 2 is 1.65 bits per heavy atom. The second-order valence-electron chi connectivity index (χ2n) is 12.2. The number of carbonyl (C=O) groups is 2. The standard InChI is InChI=1S/C33H32F3N3O3S/c34-23-7-5-21(6-8-23)30-38-28(25-9-12-33(35,36)17-26(25)27(41)18-32(19-37)13-14-32)29(43-30)20-1-3-22(4-2-20)31(42)39-15-10-24(40)11-16-39/h1-8,24-26,40H,9-18H2/t25-,26-/m1/s1. The van der Waals surface area contributed by atoms with Crippen LogP contribution in [0.5, 0.6) is 0 Å². The third-order valence-electron chi connectivity index (χ3n) is 9.08. The van der Waals surface area contributed by atoms with Crippen LogP contribution in [0.1, 0.15) is 73.3 Å². The number of carbonyl (C=O) groups excluding carboxylic acids is 2. The van der Waals surface area contributed by atoms with Crippen LogP contribution in [0.4, 0.5) is 13.2 Å². The topological polar surface area (TPSA) is 94.3 Å². The number of rotatable bonds is 7. The molecule has 224 valence electrons. The number of amides is 1. The zero-order valence-electron chi connectivity index (χ0n) is 23.6. The molecule has 1 aromatic heterocycles. The smallest absolute Gasteiger partial charge is 0.253 e. The van der Waals surface area contributed by atoms with Crippen molar-refractivity contribution >= 4 is 23.0 Å². The molecule has 1 saturated heterocycles. The van der Waals surface area contributed by atoms with Crippen LogP contribution in [0.25, 0.3) is 21.0 Å². The van der Waals surface area contributed by atoms with Crippen LogP contribution in [0, 0.1) is 28.5 Å². The molecule has 0 spiro atoms. The van der Waals surface area contributed by atoms with Crippen LogP contribution in [0.3, 0.4) is 0 Å². The van der Waals surface area contributed by atoms with Crippen molar-refractivity contribution in [3.8, 4) is 27.1 Å². The van der Waals surface area contributed by atoms with Gasteiger partial charge in [-0.05, 0) is 74.1 Å². The molecule has 3 aliphatic rings. The van der Waals surface area contributed by atoms with Gasteiger partial charge in [0.15, 0.2) is 0 Å². The minimum atomic E-state index is -2.98. The van der Waals surface area contributed by atoms with E-state index in [1.54, 1.807) is 41.3 Å². The lowest BCUT2D eigenvalue weighted by Crippen LogP contribution is -2.40. The molecule has 1 amide bonds. The van der Waals surface area contributed by atoms with Gasteiger partial charge in [0, 0.05) is 55.3 Å². The Bertz CT molecular complexity index is 1550. The normalized spacial score (nSPS) is 23.0. The molecule has 1 N–H and O–H groups in total. The molecule has 2 aromatic carbocycles. The number of alkyl halides is 2. The molecule has 3 fully saturated rings. The average molecular weight is 608 g/mol. The number of aromatic nitrogens is 1. The summed E-state index contributed by atoms with van der Waals surface area (Å²) in [6.45, 7) is 0.965. The molecule has 43 heavy (non-hydrogen) atoms. The van der Waals surface area contributed by atoms with E-state index < -0.39 is 41.5 Å². The summed E-state index contributed by atoms with van der Waals surface area (Å²) in [5, 5.41) is 19.9. The number of ketones is 1. The van der Waals surface area contributed by atoms with Gasteiger partial charge in [-0.3, -0.25) is 9.59 Å². The number of hydrogen-bond donors (Lipinski definition) is 1. The predicted octanol–water partition coefficient (Wildman–Crippen LogP) is 7.00. The van der Waals surface area contributed by atoms with Gasteiger partial charge in [-0.15, -0.1) is 11.3 Å². The molecule has 2 aliphatic carbocycles. The lowest BCUT2D eigenvalue weighted by Gasteiger charge is -2.35. The maximum atomic E-state index is 14.7. The van der Waals surface area contributed by atoms with Crippen molar-refractivity contribution < 1.29 is 27.9 Å². The number of aliphatic hydroxyl groups is 1. The van der Waals surface area contributed by atoms with E-state index in [2.05, 4.69) is 6.07 Å². The highest BCUT2D eigenvalue weighted by molar-refractivity contribution is 7.18. The first-order chi connectivity index (χ1) is 20.6. The lowest BCUT2D eigenvalue weighted by molar-refractivity contribution is -0.132. The first-order valence-electron chi connectivity index (χ1n) is 14.7. The Labute approximate surface area is 252 Å². The highest BCUT2D eigenvalue weighted by atomic mass is 32.1. The van der Waals surface area contributed by atoms with Gasteiger partial charge in [0.05, 0.1) is 28.2 Å². The molecule has 6 rings (SSSR count). The minimum absolute atomic E-state index is 0.0324. The van der Waals surface area contributed by atoms with Crippen LogP contribution < -0.4 is 0 Å². The van der Waals surface area contributed by atoms with Gasteiger partial charge in [0.1, 0.15) is 16.6 Å². The van der Waals surface area contributed by atoms with Gasteiger partial charge < -0.3 is 10.0 Å². The summed E-state index contributed by atoms with van der Waals surface area (Å²) >= 11 is 1.34. The van der Waals surface area contributed by atoms with Crippen molar-refractivity contribution in [3.63, 3.8) is 0 Å². The number of Topliss-reactive ketones (excluding diaryl/α,β-unsaturated/α-hetero) is 1. The summed E-state index contributed by atoms with van der Waals surface area (Å²) in [5.74, 6) is -5.37. The largest absolute Gasteiger partial charge is 0.393 e. The fraction of sp³-hybridized carbons (Fsp3) is 0.455. The fourth-order valence-electron chi connectivity index (χ4n) is 6.26. The molecule has 1 aliphatic heterocycles. The Kier molecular flexibility index (Phi) is 7.90. The highest BCUT2D eigenvalue weighted by Crippen LogP contribution is 2.53. The van der Waals surface area contributed by atoms with Crippen molar-refractivity contribution in [3.05, 3.63) is 65.6 Å². The molecule has 2 atom stereocenters. The monoisotopic (exact) mass is 607 g/mol. The van der Waals surface area contributed by atoms with Crippen molar-refractivity contribution in [1.29, 1.82) is 5.26 Å². The van der Waals surface area contributed by atoms with E-state index in [4.69, 9.17) is 4.98 Å². The Balaban J connectivity index is 1.36. The van der Waals surface area contributed by atoms with Gasteiger partial charge >= 0.3 is 0 Å². The Hall–Kier alpha value is -3.55. The molecule has 2 saturated carbocycles. The van der Waals surface area contributed by atoms with Crippen molar-refractivity contribution in [1.82, 2.24) is 9.88 Å². The van der Waals surface area contributed by atoms with Gasteiger partial charge in [-0.25, -0.2) is 18.2 Å². The minimum Gasteiger partial charge on any atom is -0.393 e. The Morgan fingerprint density at radius 3 is 2.28 bits per heavy atom. The van der Waals surface area contributed by atoms with E-state index >= 15 is 0 Å². The number of likely N-dealkylation sites (tertiary alicyclic amines) is 1. The number of nitrogens with zero attached hydrogens (tertiary/aromatic N) is 3. The van der Waals surface area contributed by atoms with Crippen molar-refractivity contribution in [2.24, 2.45) is 11.3 Å². The first kappa shape index (κ1) is 29.5. The molecule has 6 nitrogen and oxygen atoms in total. The predicted molar refractivity (Wildman–Crippen MR) is 156 cm³/mol. The summed E-state index contributed by atoms with van der Waals surface area (Å²) in [7, 11) is 0. The number of nitriles is 1. The molecule has 3 aromatic rings. The fourth-order valence-corrected chi connectivity index (χ4v) is 7.41. The molecule has 10 heteroatoms. The van der Waals surface area contributed by atoms with E-state index in [0.29, 0.717) is 65.5 Å². The SMILES string of the molecule is N#CC1(CC(=O)[C@@H]2CC(F)(F)CC[C@H]2c2nc(-c3ccc(F)cc3)sc2-c2ccc(C(=O)N3CCC(O)CC3)cc2)CC1. The average Bonchev–Trinajstić information content (AvgIpc) is 3.64. The molecule has 0 radical (unpaired) electrons. The summed E-state index contributed by atoms with van der Waals surface area (Å²) in [4.78, 5) is 33.9. The highest BCUT2D eigenvalue weighted by Gasteiger charge is 2.51. The van der Waals surface area contributed by atoms with Crippen LogP contribution in [-0.2, 0) is 4.79 Å². The number of piperidine rings is 1. The third kappa shape index (κ3) is 6.24. The second kappa shape index (κ2) is 11.5. The first-order valence-corrected chi connectivity index (χ1v) is 15.5. The Morgan fingerprint density at radius 1 is 1.00 bits per heavy atom. The van der Waals surface area contributed by atoms with Crippen LogP contribution in [0.15, 0.2) is 48.5 Å². The molecular formula is C33H32F3N3O3S. The third-order valence-corrected chi connectivity index (χ3v) is 10.3. The maximum absolute atomic E-state index is 14.7. The van der Waals surface area contributed by atoms with E-state index in [9.17, 15) is 33.1 Å². The number of thiazole rings is 1. The summed E-state index contributed by atoms with van der Waals surface area (Å²) < 4.78 is 43.2. The molecular weight excluding hydrogens is 575 g/mol. The zero-order valence-corrected chi connectivity index (χ0v) is 24.4. The lowest BCUT2D eigenvalue weighted by atomic mass is 9.71. The van der Waals surface area contributed by atoms with E-state index in [-0.39, 0.29) is 31.0 Å². The summed E-state index contributed by atoms with van der Waals surface area (Å²) in [6.07, 6.45) is 0.966. The van der Waals surface area contributed by atoms with Gasteiger partial charge in [0.25, 0.3) is 5.91 Å². The van der Waals surface area contributed by atoms with Crippen LogP contribution in [-0.4, -0.2) is 51.8 Å². The summed E-state index contributed by atoms with van der Waals surface area (Å²) in [6, 6.07) is 15.2. The van der Waals surface area contributed by atoms with E-state index in [1.807, 2.05) is 0 Å². The summed E-state index contributed by atoms with van der Waals surface area (Å²) in [5.41, 5.74) is 1.72. The number of halogens is 3. The van der Waals surface area contributed by atoms with Crippen LogP contribution >= 0.6 is 11.3 Å². The maximum Gasteiger partial charge on any atom is 0.253 e. The second-order valence-corrected chi connectivity index (χ2v) is 13.2. The van der Waals surface area contributed by atoms with Crippen molar-refractivity contribution in [2.75, 3.05) is 13.1 Å². The zero-order chi connectivity index (χ0) is 30.4. The number of benzene rings is 2. The molecule has 0 bridgehead atoms. The van der Waals surface area contributed by atoms with Gasteiger partial charge in [0.2, 0.25) is 5.92 Å². The van der Waals surface area contributed by atoms with E-state index in [0.717, 1.165) is 5.56 Å². The quantitative estimate of drug-likeness (QED) is 0.312. The number of aliphatic hydroxyl groups excluding tert-OH is 1. The number of hydrogen-bond acceptors (Lipinski definition) is 6. The molecule has 2 heterocycles. The van der Waals surface area contributed by atoms with Gasteiger partial charge in [-0.1, -0.05) is 12.1 Å².